The molecular weight excluding hydrogens is 281 g/mol. The topological polar surface area (TPSA) is 12.0 Å². The Morgan fingerprint density at radius 1 is 1.32 bits per heavy atom. The fourth-order valence-corrected chi connectivity index (χ4v) is 3.28. The summed E-state index contributed by atoms with van der Waals surface area (Å²) in [5.74, 6) is -0.302. The molecule has 0 saturated heterocycles. The van der Waals surface area contributed by atoms with Crippen molar-refractivity contribution in [3.63, 3.8) is 0 Å². The van der Waals surface area contributed by atoms with Gasteiger partial charge in [0.05, 0.1) is 5.02 Å². The summed E-state index contributed by atoms with van der Waals surface area (Å²) in [6.45, 7) is 5.31. The normalized spacial score (nSPS) is 12.6. The number of benzene rings is 1. The van der Waals surface area contributed by atoms with Crippen LogP contribution in [0, 0.1) is 5.82 Å². The van der Waals surface area contributed by atoms with Crippen LogP contribution in [0.1, 0.15) is 31.2 Å². The van der Waals surface area contributed by atoms with Crippen molar-refractivity contribution in [2.24, 2.45) is 0 Å². The summed E-state index contributed by atoms with van der Waals surface area (Å²) < 4.78 is 13.0. The molecule has 1 atom stereocenters. The van der Waals surface area contributed by atoms with Crippen LogP contribution in [0.3, 0.4) is 0 Å². The molecule has 1 unspecified atom stereocenters. The average molecular weight is 298 g/mol. The van der Waals surface area contributed by atoms with Gasteiger partial charge in [-0.1, -0.05) is 18.5 Å². The molecular formula is C15H17ClFNS. The lowest BCUT2D eigenvalue weighted by molar-refractivity contribution is 0.578. The predicted molar refractivity (Wildman–Crippen MR) is 81.4 cm³/mol. The van der Waals surface area contributed by atoms with Gasteiger partial charge >= 0.3 is 0 Å². The van der Waals surface area contributed by atoms with Crippen molar-refractivity contribution < 1.29 is 4.39 Å². The number of hydrogen-bond acceptors (Lipinski definition) is 2. The van der Waals surface area contributed by atoms with Crippen LogP contribution in [0.25, 0.3) is 10.4 Å². The summed E-state index contributed by atoms with van der Waals surface area (Å²) in [5, 5.41) is 3.92. The van der Waals surface area contributed by atoms with Crippen molar-refractivity contribution >= 4 is 22.9 Å². The van der Waals surface area contributed by atoms with Gasteiger partial charge in [0.2, 0.25) is 0 Å². The molecule has 0 aliphatic carbocycles. The monoisotopic (exact) mass is 297 g/mol. The van der Waals surface area contributed by atoms with Crippen LogP contribution < -0.4 is 5.32 Å². The van der Waals surface area contributed by atoms with Gasteiger partial charge in [-0.2, -0.15) is 0 Å². The highest BCUT2D eigenvalue weighted by Gasteiger charge is 2.11. The molecule has 1 aromatic carbocycles. The summed E-state index contributed by atoms with van der Waals surface area (Å²) in [5.41, 5.74) is 0.891. The minimum absolute atomic E-state index is 0.302. The van der Waals surface area contributed by atoms with Crippen molar-refractivity contribution in [1.82, 2.24) is 5.32 Å². The lowest BCUT2D eigenvalue weighted by Gasteiger charge is -2.10. The molecule has 0 bridgehead atoms. The van der Waals surface area contributed by atoms with Gasteiger partial charge in [0, 0.05) is 21.4 Å². The Bertz CT molecular complexity index is 553. The fraction of sp³-hybridized carbons (Fsp3) is 0.333. The van der Waals surface area contributed by atoms with Crippen molar-refractivity contribution in [2.75, 3.05) is 6.54 Å². The molecule has 2 rings (SSSR count). The van der Waals surface area contributed by atoms with Gasteiger partial charge in [-0.25, -0.2) is 4.39 Å². The molecule has 0 spiro atoms. The molecule has 1 aromatic heterocycles. The molecule has 0 fully saturated rings. The average Bonchev–Trinajstić information content (AvgIpc) is 2.85. The summed E-state index contributed by atoms with van der Waals surface area (Å²) in [7, 11) is 0. The zero-order valence-electron chi connectivity index (χ0n) is 11.0. The van der Waals surface area contributed by atoms with E-state index in [1.165, 1.54) is 17.0 Å². The Labute approximate surface area is 122 Å². The first-order valence-corrected chi connectivity index (χ1v) is 7.59. The Kier molecular flexibility index (Phi) is 4.97. The van der Waals surface area contributed by atoms with E-state index in [0.29, 0.717) is 11.1 Å². The van der Waals surface area contributed by atoms with E-state index < -0.39 is 0 Å². The Hall–Kier alpha value is -0.900. The second-order valence-electron chi connectivity index (χ2n) is 4.50. The molecule has 4 heteroatoms. The zero-order valence-corrected chi connectivity index (χ0v) is 12.6. The number of thiophene rings is 1. The Morgan fingerprint density at radius 3 is 2.79 bits per heavy atom. The quantitative estimate of drug-likeness (QED) is 0.793. The van der Waals surface area contributed by atoms with E-state index in [1.807, 2.05) is 6.07 Å². The van der Waals surface area contributed by atoms with E-state index in [9.17, 15) is 4.39 Å². The molecule has 1 heterocycles. The molecule has 0 radical (unpaired) electrons. The van der Waals surface area contributed by atoms with Crippen LogP contribution in [-0.2, 0) is 0 Å². The van der Waals surface area contributed by atoms with Crippen LogP contribution in [-0.4, -0.2) is 6.54 Å². The van der Waals surface area contributed by atoms with Crippen LogP contribution in [0.5, 0.6) is 0 Å². The molecule has 2 aromatic rings. The molecule has 0 aliphatic rings. The van der Waals surface area contributed by atoms with E-state index in [0.717, 1.165) is 23.4 Å². The molecule has 1 N–H and O–H groups in total. The second-order valence-corrected chi connectivity index (χ2v) is 6.02. The van der Waals surface area contributed by atoms with Gasteiger partial charge in [0.25, 0.3) is 0 Å². The van der Waals surface area contributed by atoms with E-state index >= 15 is 0 Å². The molecule has 0 saturated carbocycles. The SMILES string of the molecule is CCCNC(C)c1ccc(-c2ccc(F)cc2Cl)s1. The maximum absolute atomic E-state index is 13.0. The first kappa shape index (κ1) is 14.5. The van der Waals surface area contributed by atoms with Crippen LogP contribution in [0.4, 0.5) is 4.39 Å². The lowest BCUT2D eigenvalue weighted by Crippen LogP contribution is -2.18. The first-order chi connectivity index (χ1) is 9.11. The van der Waals surface area contributed by atoms with Gasteiger partial charge in [0.1, 0.15) is 5.82 Å². The first-order valence-electron chi connectivity index (χ1n) is 6.40. The second kappa shape index (κ2) is 6.51. The van der Waals surface area contributed by atoms with E-state index in [-0.39, 0.29) is 5.82 Å². The van der Waals surface area contributed by atoms with Crippen LogP contribution in [0.15, 0.2) is 30.3 Å². The largest absolute Gasteiger partial charge is 0.309 e. The Morgan fingerprint density at radius 2 is 2.11 bits per heavy atom. The van der Waals surface area contributed by atoms with E-state index in [2.05, 4.69) is 25.2 Å². The molecule has 0 amide bonds. The number of nitrogens with one attached hydrogen (secondary N) is 1. The minimum atomic E-state index is -0.302. The number of hydrogen-bond donors (Lipinski definition) is 1. The van der Waals surface area contributed by atoms with Gasteiger partial charge < -0.3 is 5.32 Å². The van der Waals surface area contributed by atoms with Crippen LogP contribution in [0.2, 0.25) is 5.02 Å². The van der Waals surface area contributed by atoms with Crippen LogP contribution >= 0.6 is 22.9 Å². The maximum atomic E-state index is 13.0. The predicted octanol–water partition coefficient (Wildman–Crippen LogP) is 5.27. The van der Waals surface area contributed by atoms with Gasteiger partial charge in [-0.3, -0.25) is 0 Å². The van der Waals surface area contributed by atoms with Gasteiger partial charge in [0.15, 0.2) is 0 Å². The van der Waals surface area contributed by atoms with Gasteiger partial charge in [-0.15, -0.1) is 11.3 Å². The van der Waals surface area contributed by atoms with Crippen molar-refractivity contribution in [3.05, 3.63) is 46.0 Å². The summed E-state index contributed by atoms with van der Waals surface area (Å²) >= 11 is 7.78. The highest BCUT2D eigenvalue weighted by Crippen LogP contribution is 2.35. The molecule has 0 aliphatic heterocycles. The number of rotatable bonds is 5. The van der Waals surface area contributed by atoms with Crippen molar-refractivity contribution in [3.8, 4) is 10.4 Å². The zero-order chi connectivity index (χ0) is 13.8. The fourth-order valence-electron chi connectivity index (χ4n) is 1.88. The maximum Gasteiger partial charge on any atom is 0.124 e. The van der Waals surface area contributed by atoms with Crippen molar-refractivity contribution in [2.45, 2.75) is 26.3 Å². The highest BCUT2D eigenvalue weighted by atomic mass is 35.5. The van der Waals surface area contributed by atoms with E-state index in [1.54, 1.807) is 17.4 Å². The third-order valence-electron chi connectivity index (χ3n) is 2.95. The third kappa shape index (κ3) is 3.56. The molecule has 102 valence electrons. The van der Waals surface area contributed by atoms with Crippen molar-refractivity contribution in [1.29, 1.82) is 0 Å². The Balaban J connectivity index is 2.20. The third-order valence-corrected chi connectivity index (χ3v) is 4.56. The standard InChI is InChI=1S/C15H17ClFNS/c1-3-8-18-10(2)14-6-7-15(19-14)12-5-4-11(17)9-13(12)16/h4-7,9-10,18H,3,8H2,1-2H3. The summed E-state index contributed by atoms with van der Waals surface area (Å²) in [4.78, 5) is 2.34. The molecule has 1 nitrogen and oxygen atoms in total. The number of halogens is 2. The summed E-state index contributed by atoms with van der Waals surface area (Å²) in [6.07, 6.45) is 1.12. The van der Waals surface area contributed by atoms with Gasteiger partial charge in [-0.05, 0) is 50.2 Å². The highest BCUT2D eigenvalue weighted by molar-refractivity contribution is 7.15. The van der Waals surface area contributed by atoms with E-state index in [4.69, 9.17) is 11.6 Å². The smallest absolute Gasteiger partial charge is 0.124 e. The molecule has 19 heavy (non-hydrogen) atoms. The summed E-state index contributed by atoms with van der Waals surface area (Å²) in [6, 6.07) is 9.01. The minimum Gasteiger partial charge on any atom is -0.309 e. The lowest BCUT2D eigenvalue weighted by atomic mass is 10.2.